The van der Waals surface area contributed by atoms with E-state index in [1.54, 1.807) is 0 Å². The Morgan fingerprint density at radius 2 is 2.05 bits per heavy atom. The molecule has 0 spiro atoms. The number of benzene rings is 1. The minimum atomic E-state index is -0.552. The predicted octanol–water partition coefficient (Wildman–Crippen LogP) is 4.96. The molecule has 0 aliphatic carbocycles. The van der Waals surface area contributed by atoms with Crippen LogP contribution in [0.25, 0.3) is 0 Å². The van der Waals surface area contributed by atoms with E-state index in [0.717, 1.165) is 23.9 Å². The van der Waals surface area contributed by atoms with E-state index in [2.05, 4.69) is 12.2 Å². The summed E-state index contributed by atoms with van der Waals surface area (Å²) in [4.78, 5) is 1.06. The largest absolute Gasteiger partial charge is 0.309 e. The molecule has 2 rings (SSSR count). The Balaban J connectivity index is 2.18. The van der Waals surface area contributed by atoms with E-state index in [0.29, 0.717) is 16.3 Å². The maximum absolute atomic E-state index is 13.8. The van der Waals surface area contributed by atoms with Crippen LogP contribution < -0.4 is 5.32 Å². The Hall–Kier alpha value is -0.970. The van der Waals surface area contributed by atoms with Crippen LogP contribution in [-0.4, -0.2) is 6.54 Å². The number of hydrogen-bond acceptors (Lipinski definition) is 2. The molecule has 1 unspecified atom stereocenters. The molecule has 0 saturated heterocycles. The van der Waals surface area contributed by atoms with Gasteiger partial charge in [-0.15, -0.1) is 11.3 Å². The molecule has 1 heterocycles. The lowest BCUT2D eigenvalue weighted by molar-refractivity contribution is 0.514. The summed E-state index contributed by atoms with van der Waals surface area (Å²) in [5.74, 6) is -1.06. The van der Waals surface area contributed by atoms with Crippen LogP contribution in [0.15, 0.2) is 30.3 Å². The summed E-state index contributed by atoms with van der Waals surface area (Å²) in [7, 11) is 0. The number of rotatable bonds is 6. The van der Waals surface area contributed by atoms with Crippen LogP contribution in [0.4, 0.5) is 8.78 Å². The highest BCUT2D eigenvalue weighted by Crippen LogP contribution is 2.29. The Morgan fingerprint density at radius 1 is 1.25 bits per heavy atom. The molecule has 5 heteroatoms. The lowest BCUT2D eigenvalue weighted by Gasteiger charge is -2.17. The summed E-state index contributed by atoms with van der Waals surface area (Å²) in [5.41, 5.74) is 0.504. The highest BCUT2D eigenvalue weighted by molar-refractivity contribution is 7.16. The molecule has 0 radical (unpaired) electrons. The molecule has 1 nitrogen and oxygen atoms in total. The van der Waals surface area contributed by atoms with Crippen molar-refractivity contribution in [3.8, 4) is 0 Å². The van der Waals surface area contributed by atoms with Crippen molar-refractivity contribution >= 4 is 22.9 Å². The van der Waals surface area contributed by atoms with Crippen molar-refractivity contribution in [1.82, 2.24) is 5.32 Å². The second kappa shape index (κ2) is 7.16. The van der Waals surface area contributed by atoms with E-state index in [1.165, 1.54) is 23.5 Å². The first-order valence-corrected chi connectivity index (χ1v) is 7.72. The number of hydrogen-bond donors (Lipinski definition) is 1. The average Bonchev–Trinajstić information content (AvgIpc) is 2.83. The zero-order chi connectivity index (χ0) is 14.5. The molecule has 1 atom stereocenters. The third-order valence-electron chi connectivity index (χ3n) is 3.02. The molecule has 0 fully saturated rings. The monoisotopic (exact) mass is 315 g/mol. The molecule has 1 aromatic carbocycles. The molecule has 0 aliphatic heterocycles. The van der Waals surface area contributed by atoms with Gasteiger partial charge in [0.1, 0.15) is 11.6 Å². The first-order chi connectivity index (χ1) is 9.60. The Morgan fingerprint density at radius 3 is 2.65 bits per heavy atom. The van der Waals surface area contributed by atoms with E-state index in [-0.39, 0.29) is 6.04 Å². The smallest absolute Gasteiger partial charge is 0.129 e. The molecule has 1 aromatic heterocycles. The molecule has 0 amide bonds. The van der Waals surface area contributed by atoms with Gasteiger partial charge in [-0.05, 0) is 43.1 Å². The third kappa shape index (κ3) is 4.01. The quantitative estimate of drug-likeness (QED) is 0.794. The van der Waals surface area contributed by atoms with E-state index in [9.17, 15) is 8.78 Å². The number of halogens is 3. The summed E-state index contributed by atoms with van der Waals surface area (Å²) in [6, 6.07) is 7.49. The fourth-order valence-electron chi connectivity index (χ4n) is 2.01. The van der Waals surface area contributed by atoms with Gasteiger partial charge in [-0.2, -0.15) is 0 Å². The van der Waals surface area contributed by atoms with Crippen molar-refractivity contribution in [2.24, 2.45) is 0 Å². The SMILES string of the molecule is CCCNC(Cc1ccc(F)cc1F)c1ccc(Cl)s1. The molecule has 0 bridgehead atoms. The fraction of sp³-hybridized carbons (Fsp3) is 0.333. The zero-order valence-corrected chi connectivity index (χ0v) is 12.7. The number of thiophene rings is 1. The normalized spacial score (nSPS) is 12.6. The maximum atomic E-state index is 13.8. The van der Waals surface area contributed by atoms with Gasteiger partial charge in [-0.25, -0.2) is 8.78 Å². The molecule has 1 N–H and O–H groups in total. The van der Waals surface area contributed by atoms with Gasteiger partial charge in [-0.3, -0.25) is 0 Å². The van der Waals surface area contributed by atoms with E-state index in [1.807, 2.05) is 12.1 Å². The van der Waals surface area contributed by atoms with E-state index < -0.39 is 11.6 Å². The Labute approximate surface area is 126 Å². The van der Waals surface area contributed by atoms with Gasteiger partial charge >= 0.3 is 0 Å². The van der Waals surface area contributed by atoms with Crippen molar-refractivity contribution in [2.75, 3.05) is 6.54 Å². The molecule has 20 heavy (non-hydrogen) atoms. The summed E-state index contributed by atoms with van der Waals surface area (Å²) in [6.07, 6.45) is 1.46. The fourth-order valence-corrected chi connectivity index (χ4v) is 3.15. The number of nitrogens with one attached hydrogen (secondary N) is 1. The molecule has 2 aromatic rings. The molecule has 0 aliphatic rings. The second-order valence-electron chi connectivity index (χ2n) is 4.59. The van der Waals surface area contributed by atoms with Gasteiger partial charge < -0.3 is 5.32 Å². The van der Waals surface area contributed by atoms with Gasteiger partial charge in [0.2, 0.25) is 0 Å². The molecular weight excluding hydrogens is 300 g/mol. The van der Waals surface area contributed by atoms with Crippen LogP contribution in [0.5, 0.6) is 0 Å². The third-order valence-corrected chi connectivity index (χ3v) is 4.36. The van der Waals surface area contributed by atoms with Crippen LogP contribution in [0.3, 0.4) is 0 Å². The van der Waals surface area contributed by atoms with Crippen molar-refractivity contribution in [2.45, 2.75) is 25.8 Å². The standard InChI is InChI=1S/C15H16ClF2NS/c1-2-7-19-13(14-5-6-15(16)20-14)8-10-3-4-11(17)9-12(10)18/h3-6,9,13,19H,2,7-8H2,1H3. The molecule has 108 valence electrons. The molecular formula is C15H16ClF2NS. The maximum Gasteiger partial charge on any atom is 0.129 e. The van der Waals surface area contributed by atoms with Crippen LogP contribution in [-0.2, 0) is 6.42 Å². The summed E-state index contributed by atoms with van der Waals surface area (Å²) < 4.78 is 27.4. The molecule has 0 saturated carbocycles. The lowest BCUT2D eigenvalue weighted by Crippen LogP contribution is -2.23. The summed E-state index contributed by atoms with van der Waals surface area (Å²) in [5, 5.41) is 3.38. The van der Waals surface area contributed by atoms with Gasteiger partial charge in [0.25, 0.3) is 0 Å². The van der Waals surface area contributed by atoms with Crippen molar-refractivity contribution in [3.05, 3.63) is 56.7 Å². The van der Waals surface area contributed by atoms with Crippen molar-refractivity contribution < 1.29 is 8.78 Å². The van der Waals surface area contributed by atoms with Crippen LogP contribution in [0.1, 0.15) is 29.8 Å². The van der Waals surface area contributed by atoms with E-state index in [4.69, 9.17) is 11.6 Å². The highest BCUT2D eigenvalue weighted by atomic mass is 35.5. The minimum absolute atomic E-state index is 0.00703. The van der Waals surface area contributed by atoms with Crippen molar-refractivity contribution in [1.29, 1.82) is 0 Å². The zero-order valence-electron chi connectivity index (χ0n) is 11.1. The Bertz CT molecular complexity index is 571. The highest BCUT2D eigenvalue weighted by Gasteiger charge is 2.16. The summed E-state index contributed by atoms with van der Waals surface area (Å²) >= 11 is 7.44. The van der Waals surface area contributed by atoms with Gasteiger partial charge in [0.05, 0.1) is 4.34 Å². The van der Waals surface area contributed by atoms with Gasteiger partial charge in [0, 0.05) is 17.0 Å². The van der Waals surface area contributed by atoms with E-state index >= 15 is 0 Å². The van der Waals surface area contributed by atoms with Crippen molar-refractivity contribution in [3.63, 3.8) is 0 Å². The first-order valence-electron chi connectivity index (χ1n) is 6.52. The minimum Gasteiger partial charge on any atom is -0.309 e. The van der Waals surface area contributed by atoms with Crippen LogP contribution >= 0.6 is 22.9 Å². The average molecular weight is 316 g/mol. The first kappa shape index (κ1) is 15.4. The predicted molar refractivity (Wildman–Crippen MR) is 80.4 cm³/mol. The van der Waals surface area contributed by atoms with Crippen LogP contribution in [0, 0.1) is 11.6 Å². The Kier molecular flexibility index (Phi) is 5.52. The van der Waals surface area contributed by atoms with Gasteiger partial charge in [0.15, 0.2) is 0 Å². The topological polar surface area (TPSA) is 12.0 Å². The summed E-state index contributed by atoms with van der Waals surface area (Å²) in [6.45, 7) is 2.91. The van der Waals surface area contributed by atoms with Gasteiger partial charge in [-0.1, -0.05) is 24.6 Å². The lowest BCUT2D eigenvalue weighted by atomic mass is 10.0. The second-order valence-corrected chi connectivity index (χ2v) is 6.34. The van der Waals surface area contributed by atoms with Crippen LogP contribution in [0.2, 0.25) is 4.34 Å².